The number of nitrogens with one attached hydrogen (secondary N) is 1. The highest BCUT2D eigenvalue weighted by Gasteiger charge is 2.09. The van der Waals surface area contributed by atoms with Crippen LogP contribution in [-0.4, -0.2) is 24.2 Å². The van der Waals surface area contributed by atoms with E-state index >= 15 is 0 Å². The lowest BCUT2D eigenvalue weighted by Gasteiger charge is -2.18. The van der Waals surface area contributed by atoms with E-state index in [1.165, 1.54) is 5.56 Å². The first-order valence-corrected chi connectivity index (χ1v) is 7.16. The Morgan fingerprint density at radius 1 is 1.30 bits per heavy atom. The molecule has 106 valence electrons. The summed E-state index contributed by atoms with van der Waals surface area (Å²) in [5.74, 6) is 0.798. The average Bonchev–Trinajstić information content (AvgIpc) is 2.46. The Morgan fingerprint density at radius 2 is 2.20 bits per heavy atom. The third-order valence-corrected chi connectivity index (χ3v) is 3.18. The maximum Gasteiger partial charge on any atom is 0.120 e. The Morgan fingerprint density at radius 3 is 2.90 bits per heavy atom. The molecule has 0 radical (unpaired) electrons. The topological polar surface area (TPSA) is 34.1 Å². The van der Waals surface area contributed by atoms with Gasteiger partial charge in [0, 0.05) is 23.5 Å². The molecule has 0 spiro atoms. The summed E-state index contributed by atoms with van der Waals surface area (Å²) in [4.78, 5) is 4.14. The van der Waals surface area contributed by atoms with E-state index in [4.69, 9.17) is 16.3 Å². The van der Waals surface area contributed by atoms with E-state index in [0.29, 0.717) is 11.6 Å². The molecule has 1 atom stereocenters. The molecule has 0 aliphatic rings. The van der Waals surface area contributed by atoms with Gasteiger partial charge in [0.15, 0.2) is 0 Å². The molecule has 0 amide bonds. The number of halogens is 1. The molecular weight excluding hydrogens is 272 g/mol. The lowest BCUT2D eigenvalue weighted by atomic mass is 10.1. The predicted molar refractivity (Wildman–Crippen MR) is 82.4 cm³/mol. The number of pyridine rings is 1. The van der Waals surface area contributed by atoms with Crippen molar-refractivity contribution in [2.75, 3.05) is 13.2 Å². The van der Waals surface area contributed by atoms with Crippen LogP contribution < -0.4 is 10.1 Å². The molecule has 0 bridgehead atoms. The van der Waals surface area contributed by atoms with E-state index in [1.807, 2.05) is 36.5 Å². The number of likely N-dealkylation sites (N-methyl/N-ethyl adjacent to an activating group) is 1. The Kier molecular flexibility index (Phi) is 5.84. The van der Waals surface area contributed by atoms with Gasteiger partial charge in [0.2, 0.25) is 0 Å². The number of rotatable bonds is 7. The summed E-state index contributed by atoms with van der Waals surface area (Å²) < 4.78 is 5.81. The molecule has 1 unspecified atom stereocenters. The second-order valence-electron chi connectivity index (χ2n) is 4.59. The van der Waals surface area contributed by atoms with Gasteiger partial charge in [-0.2, -0.15) is 0 Å². The van der Waals surface area contributed by atoms with Crippen molar-refractivity contribution in [2.45, 2.75) is 19.4 Å². The number of nitrogens with zero attached hydrogens (tertiary/aromatic N) is 1. The maximum absolute atomic E-state index is 5.95. The smallest absolute Gasteiger partial charge is 0.120 e. The van der Waals surface area contributed by atoms with Gasteiger partial charge in [-0.3, -0.25) is 4.98 Å². The van der Waals surface area contributed by atoms with Gasteiger partial charge in [-0.1, -0.05) is 30.7 Å². The van der Waals surface area contributed by atoms with Crippen molar-refractivity contribution < 1.29 is 4.74 Å². The van der Waals surface area contributed by atoms with Crippen LogP contribution in [0.5, 0.6) is 5.75 Å². The summed E-state index contributed by atoms with van der Waals surface area (Å²) in [5, 5.41) is 4.12. The van der Waals surface area contributed by atoms with Gasteiger partial charge in [-0.05, 0) is 42.8 Å². The zero-order valence-electron chi connectivity index (χ0n) is 11.6. The minimum Gasteiger partial charge on any atom is -0.492 e. The summed E-state index contributed by atoms with van der Waals surface area (Å²) in [6, 6.07) is 11.8. The SMILES string of the molecule is CCNC(COc1cccc(Cl)c1)Cc1cccnc1. The van der Waals surface area contributed by atoms with Gasteiger partial charge in [-0.15, -0.1) is 0 Å². The summed E-state index contributed by atoms with van der Waals surface area (Å²) >= 11 is 5.95. The Balaban J connectivity index is 1.92. The molecule has 1 aromatic carbocycles. The van der Waals surface area contributed by atoms with Crippen LogP contribution in [0.15, 0.2) is 48.8 Å². The highest BCUT2D eigenvalue weighted by atomic mass is 35.5. The van der Waals surface area contributed by atoms with Gasteiger partial charge in [0.25, 0.3) is 0 Å². The summed E-state index contributed by atoms with van der Waals surface area (Å²) in [7, 11) is 0. The molecule has 2 aromatic rings. The minimum absolute atomic E-state index is 0.253. The molecule has 4 heteroatoms. The molecule has 1 N–H and O–H groups in total. The van der Waals surface area contributed by atoms with Gasteiger partial charge in [0.05, 0.1) is 0 Å². The quantitative estimate of drug-likeness (QED) is 0.849. The predicted octanol–water partition coefficient (Wildman–Crippen LogP) is 3.33. The normalized spacial score (nSPS) is 12.1. The van der Waals surface area contributed by atoms with Crippen molar-refractivity contribution in [1.82, 2.24) is 10.3 Å². The van der Waals surface area contributed by atoms with Crippen molar-refractivity contribution >= 4 is 11.6 Å². The van der Waals surface area contributed by atoms with Crippen molar-refractivity contribution in [1.29, 1.82) is 0 Å². The second kappa shape index (κ2) is 7.88. The molecule has 0 saturated carbocycles. The second-order valence-corrected chi connectivity index (χ2v) is 5.02. The Labute approximate surface area is 124 Å². The summed E-state index contributed by atoms with van der Waals surface area (Å²) in [6.45, 7) is 3.60. The van der Waals surface area contributed by atoms with Crippen LogP contribution in [-0.2, 0) is 6.42 Å². The van der Waals surface area contributed by atoms with Crippen molar-refractivity contribution in [3.8, 4) is 5.75 Å². The minimum atomic E-state index is 0.253. The Hall–Kier alpha value is -1.58. The first-order valence-electron chi connectivity index (χ1n) is 6.78. The molecule has 2 rings (SSSR count). The largest absolute Gasteiger partial charge is 0.492 e. The monoisotopic (exact) mass is 290 g/mol. The molecule has 20 heavy (non-hydrogen) atoms. The zero-order valence-corrected chi connectivity index (χ0v) is 12.3. The van der Waals surface area contributed by atoms with Gasteiger partial charge < -0.3 is 10.1 Å². The lowest BCUT2D eigenvalue weighted by molar-refractivity contribution is 0.265. The first kappa shape index (κ1) is 14.8. The molecule has 0 saturated heterocycles. The fraction of sp³-hybridized carbons (Fsp3) is 0.312. The van der Waals surface area contributed by atoms with E-state index in [0.717, 1.165) is 18.7 Å². The maximum atomic E-state index is 5.95. The van der Waals surface area contributed by atoms with Gasteiger partial charge >= 0.3 is 0 Å². The van der Waals surface area contributed by atoms with Crippen LogP contribution in [0, 0.1) is 0 Å². The number of benzene rings is 1. The summed E-state index contributed by atoms with van der Waals surface area (Å²) in [5.41, 5.74) is 1.20. The van der Waals surface area contributed by atoms with Crippen LogP contribution in [0.3, 0.4) is 0 Å². The van der Waals surface area contributed by atoms with Crippen molar-refractivity contribution in [3.05, 3.63) is 59.4 Å². The van der Waals surface area contributed by atoms with Crippen molar-refractivity contribution in [2.24, 2.45) is 0 Å². The van der Waals surface area contributed by atoms with Gasteiger partial charge in [-0.25, -0.2) is 0 Å². The van der Waals surface area contributed by atoms with Crippen LogP contribution in [0.4, 0.5) is 0 Å². The highest BCUT2D eigenvalue weighted by Crippen LogP contribution is 2.17. The molecule has 1 heterocycles. The van der Waals surface area contributed by atoms with E-state index < -0.39 is 0 Å². The van der Waals surface area contributed by atoms with E-state index in [9.17, 15) is 0 Å². The number of hydrogen-bond donors (Lipinski definition) is 1. The van der Waals surface area contributed by atoms with Crippen LogP contribution in [0.1, 0.15) is 12.5 Å². The molecule has 3 nitrogen and oxygen atoms in total. The first-order chi connectivity index (χ1) is 9.78. The highest BCUT2D eigenvalue weighted by molar-refractivity contribution is 6.30. The van der Waals surface area contributed by atoms with Gasteiger partial charge in [0.1, 0.15) is 12.4 Å². The third-order valence-electron chi connectivity index (χ3n) is 2.94. The van der Waals surface area contributed by atoms with Crippen LogP contribution in [0.2, 0.25) is 5.02 Å². The molecule has 0 fully saturated rings. The summed E-state index contributed by atoms with van der Waals surface area (Å²) in [6.07, 6.45) is 4.57. The average molecular weight is 291 g/mol. The number of aromatic nitrogens is 1. The molecule has 1 aromatic heterocycles. The zero-order chi connectivity index (χ0) is 14.2. The fourth-order valence-corrected chi connectivity index (χ4v) is 2.22. The molecular formula is C16H19ClN2O. The standard InChI is InChI=1S/C16H19ClN2O/c1-2-19-15(9-13-5-4-8-18-11-13)12-20-16-7-3-6-14(17)10-16/h3-8,10-11,15,19H,2,9,12H2,1H3. The fourth-order valence-electron chi connectivity index (χ4n) is 2.04. The van der Waals surface area contributed by atoms with E-state index in [2.05, 4.69) is 23.3 Å². The van der Waals surface area contributed by atoms with Crippen LogP contribution in [0.25, 0.3) is 0 Å². The Bertz CT molecular complexity index is 519. The van der Waals surface area contributed by atoms with Crippen molar-refractivity contribution in [3.63, 3.8) is 0 Å². The molecule has 0 aliphatic carbocycles. The third kappa shape index (κ3) is 4.83. The van der Waals surface area contributed by atoms with E-state index in [-0.39, 0.29) is 6.04 Å². The lowest BCUT2D eigenvalue weighted by Crippen LogP contribution is -2.36. The van der Waals surface area contributed by atoms with Crippen LogP contribution >= 0.6 is 11.6 Å². The molecule has 0 aliphatic heterocycles. The van der Waals surface area contributed by atoms with E-state index in [1.54, 1.807) is 6.20 Å². The number of ether oxygens (including phenoxy) is 1. The number of hydrogen-bond acceptors (Lipinski definition) is 3.